The maximum atomic E-state index is 13.0. The van der Waals surface area contributed by atoms with Gasteiger partial charge in [0.05, 0.1) is 25.2 Å². The van der Waals surface area contributed by atoms with Crippen LogP contribution in [0, 0.1) is 17.3 Å². The molecule has 0 saturated carbocycles. The van der Waals surface area contributed by atoms with Crippen molar-refractivity contribution in [3.8, 4) is 17.6 Å². The first-order chi connectivity index (χ1) is 16.2. The third-order valence-electron chi connectivity index (χ3n) is 5.49. The summed E-state index contributed by atoms with van der Waals surface area (Å²) >= 11 is 0. The minimum absolute atomic E-state index is 0.0239. The van der Waals surface area contributed by atoms with Crippen LogP contribution in [0.4, 0.5) is 4.79 Å². The second-order valence-electron chi connectivity index (χ2n) is 7.88. The van der Waals surface area contributed by atoms with Gasteiger partial charge in [-0.2, -0.15) is 0 Å². The van der Waals surface area contributed by atoms with Crippen LogP contribution in [0.5, 0.6) is 5.75 Å². The van der Waals surface area contributed by atoms with Crippen molar-refractivity contribution < 1.29 is 19.1 Å². The molecule has 0 aliphatic carbocycles. The normalized spacial score (nSPS) is 18.4. The summed E-state index contributed by atoms with van der Waals surface area (Å²) in [5, 5.41) is 12.7. The van der Waals surface area contributed by atoms with Crippen molar-refractivity contribution in [1.82, 2.24) is 15.5 Å². The lowest BCUT2D eigenvalue weighted by Gasteiger charge is -2.26. The minimum Gasteiger partial charge on any atom is -0.497 e. The Kier molecular flexibility index (Phi) is 5.69. The summed E-state index contributed by atoms with van der Waals surface area (Å²) in [5.74, 6) is 5.41. The maximum Gasteiger partial charge on any atom is 0.323 e. The van der Waals surface area contributed by atoms with E-state index in [1.54, 1.807) is 42.5 Å². The van der Waals surface area contributed by atoms with Crippen LogP contribution in [0.25, 0.3) is 0 Å². The van der Waals surface area contributed by atoms with E-state index in [0.29, 0.717) is 22.4 Å². The van der Waals surface area contributed by atoms with E-state index in [0.717, 1.165) is 5.56 Å². The number of carbonyl (C=O) groups is 3. The van der Waals surface area contributed by atoms with Crippen molar-refractivity contribution >= 4 is 23.6 Å². The van der Waals surface area contributed by atoms with Crippen LogP contribution >= 0.6 is 0 Å². The number of allylic oxidation sites excluding steroid dienone is 1. The summed E-state index contributed by atoms with van der Waals surface area (Å²) in [5.41, 5.74) is 11.8. The van der Waals surface area contributed by atoms with Gasteiger partial charge >= 0.3 is 6.03 Å². The van der Waals surface area contributed by atoms with Gasteiger partial charge in [-0.3, -0.25) is 14.9 Å². The van der Waals surface area contributed by atoms with E-state index in [-0.39, 0.29) is 30.5 Å². The van der Waals surface area contributed by atoms with E-state index in [2.05, 4.69) is 22.5 Å². The molecule has 0 radical (unpaired) electrons. The smallest absolute Gasteiger partial charge is 0.323 e. The monoisotopic (exact) mass is 458 g/mol. The number of nitrogens with two attached hydrogens (primary N) is 2. The fraction of sp³-hybridized carbons (Fsp3) is 0.167. The van der Waals surface area contributed by atoms with Gasteiger partial charge < -0.3 is 31.8 Å². The van der Waals surface area contributed by atoms with Gasteiger partial charge in [0, 0.05) is 23.7 Å². The second kappa shape index (κ2) is 8.63. The Morgan fingerprint density at radius 2 is 1.94 bits per heavy atom. The number of benzene rings is 2. The number of imide groups is 1. The van der Waals surface area contributed by atoms with E-state index in [4.69, 9.17) is 21.6 Å². The molecule has 4 amide bonds. The van der Waals surface area contributed by atoms with Gasteiger partial charge in [-0.15, -0.1) is 0 Å². The van der Waals surface area contributed by atoms with Crippen molar-refractivity contribution in [1.29, 1.82) is 5.41 Å². The zero-order valence-corrected chi connectivity index (χ0v) is 18.3. The van der Waals surface area contributed by atoms with Crippen LogP contribution in [-0.2, 0) is 11.3 Å². The topological polar surface area (TPSA) is 164 Å². The number of urea groups is 1. The molecule has 4 rings (SSSR count). The Hall–Kier alpha value is -4.78. The summed E-state index contributed by atoms with van der Waals surface area (Å²) < 4.78 is 5.19. The molecule has 2 aromatic rings. The molecule has 2 aliphatic rings. The van der Waals surface area contributed by atoms with Crippen molar-refractivity contribution in [2.45, 2.75) is 12.1 Å². The highest BCUT2D eigenvalue weighted by molar-refractivity contribution is 6.10. The quantitative estimate of drug-likeness (QED) is 0.247. The van der Waals surface area contributed by atoms with Crippen LogP contribution in [0.2, 0.25) is 0 Å². The summed E-state index contributed by atoms with van der Waals surface area (Å²) in [6.07, 6.45) is 1.33. The highest BCUT2D eigenvalue weighted by atomic mass is 16.5. The fourth-order valence-electron chi connectivity index (χ4n) is 3.77. The number of rotatable bonds is 5. The Bertz CT molecular complexity index is 1300. The van der Waals surface area contributed by atoms with E-state index >= 15 is 0 Å². The average Bonchev–Trinajstić information content (AvgIpc) is 3.26. The van der Waals surface area contributed by atoms with E-state index in [1.165, 1.54) is 18.1 Å². The molecule has 172 valence electrons. The lowest BCUT2D eigenvalue weighted by Crippen LogP contribution is -2.54. The van der Waals surface area contributed by atoms with E-state index < -0.39 is 17.5 Å². The first kappa shape index (κ1) is 22.4. The van der Waals surface area contributed by atoms with E-state index in [1.807, 2.05) is 0 Å². The largest absolute Gasteiger partial charge is 0.497 e. The number of hydrogen-bond donors (Lipinski definition) is 5. The average molecular weight is 458 g/mol. The predicted octanol–water partition coefficient (Wildman–Crippen LogP) is 0.408. The van der Waals surface area contributed by atoms with Crippen molar-refractivity contribution in [2.75, 3.05) is 13.7 Å². The summed E-state index contributed by atoms with van der Waals surface area (Å²) in [7, 11) is 1.52. The van der Waals surface area contributed by atoms with Gasteiger partial charge in [-0.05, 0) is 35.4 Å². The molecule has 7 N–H and O–H groups in total. The summed E-state index contributed by atoms with van der Waals surface area (Å²) in [6, 6.07) is 11.2. The number of ether oxygens (including phenoxy) is 1. The van der Waals surface area contributed by atoms with Crippen LogP contribution in [0.1, 0.15) is 27.0 Å². The van der Waals surface area contributed by atoms with E-state index in [9.17, 15) is 14.4 Å². The van der Waals surface area contributed by atoms with Crippen LogP contribution in [-0.4, -0.2) is 47.7 Å². The lowest BCUT2D eigenvalue weighted by atomic mass is 9.98. The first-order valence-corrected chi connectivity index (χ1v) is 10.3. The molecule has 0 spiro atoms. The number of carbonyl (C=O) groups excluding carboxylic acids is 3. The van der Waals surface area contributed by atoms with Gasteiger partial charge in [0.25, 0.3) is 11.8 Å². The predicted molar refractivity (Wildman–Crippen MR) is 124 cm³/mol. The molecule has 34 heavy (non-hydrogen) atoms. The number of nitrogens with zero attached hydrogens (tertiary/aromatic N) is 1. The number of hydrogen-bond acceptors (Lipinski definition) is 7. The van der Waals surface area contributed by atoms with Crippen LogP contribution < -0.4 is 26.8 Å². The van der Waals surface area contributed by atoms with Gasteiger partial charge in [-0.1, -0.05) is 30.0 Å². The minimum atomic E-state index is -1.61. The van der Waals surface area contributed by atoms with Crippen LogP contribution in [0.15, 0.2) is 54.4 Å². The number of fused-ring (bicyclic) bond motifs is 1. The summed E-state index contributed by atoms with van der Waals surface area (Å²) in [6.45, 7) is 0.149. The third kappa shape index (κ3) is 4.27. The zero-order chi connectivity index (χ0) is 24.5. The Labute approximate surface area is 195 Å². The second-order valence-corrected chi connectivity index (χ2v) is 7.88. The lowest BCUT2D eigenvalue weighted by molar-refractivity contribution is -0.122. The molecule has 1 saturated heterocycles. The fourth-order valence-corrected chi connectivity index (χ4v) is 3.77. The Balaban J connectivity index is 1.59. The van der Waals surface area contributed by atoms with Gasteiger partial charge in [0.2, 0.25) is 5.54 Å². The van der Waals surface area contributed by atoms with Gasteiger partial charge in [0.1, 0.15) is 5.75 Å². The highest BCUT2D eigenvalue weighted by Crippen LogP contribution is 2.28. The molecule has 0 aromatic heterocycles. The zero-order valence-electron chi connectivity index (χ0n) is 18.3. The van der Waals surface area contributed by atoms with Crippen molar-refractivity contribution in [2.24, 2.45) is 11.5 Å². The number of nitrogens with one attached hydrogen (secondary N) is 3. The number of methoxy groups -OCH3 is 1. The molecule has 1 fully saturated rings. The summed E-state index contributed by atoms with van der Waals surface area (Å²) in [4.78, 5) is 39.1. The van der Waals surface area contributed by atoms with Crippen molar-refractivity contribution in [3.05, 3.63) is 76.6 Å². The SMILES string of the molecule is COc1ccc2c(c1)C(=O)N(C[C@@]1(C#Cc3ccc(C(=N)C=C(N)N)cc3)NC(=O)NC1=O)C2. The molecule has 2 heterocycles. The Morgan fingerprint density at radius 1 is 1.21 bits per heavy atom. The molecule has 0 bridgehead atoms. The highest BCUT2D eigenvalue weighted by Gasteiger charge is 2.48. The first-order valence-electron chi connectivity index (χ1n) is 10.3. The van der Waals surface area contributed by atoms with Gasteiger partial charge in [-0.25, -0.2) is 4.79 Å². The van der Waals surface area contributed by atoms with Gasteiger partial charge in [0.15, 0.2) is 0 Å². The van der Waals surface area contributed by atoms with Crippen molar-refractivity contribution in [3.63, 3.8) is 0 Å². The number of amides is 4. The molecule has 10 heteroatoms. The standard InChI is InChI=1S/C24H22N6O4/c1-34-17-7-6-16-12-30(21(31)18(16)10-17)13-24(22(32)28-23(33)29-24)9-8-14-2-4-15(5-3-14)19(25)11-20(26)27/h2-7,10-11,25H,12-13,26-27H2,1H3,(H2,28,29,32,33)/t24-/m1/s1. The maximum absolute atomic E-state index is 13.0. The molecule has 2 aliphatic heterocycles. The molecule has 10 nitrogen and oxygen atoms in total. The molecule has 0 unspecified atom stereocenters. The van der Waals surface area contributed by atoms with Crippen LogP contribution in [0.3, 0.4) is 0 Å². The molecular formula is C24H22N6O4. The molecule has 2 aromatic carbocycles. The molecule has 1 atom stereocenters. The molecular weight excluding hydrogens is 436 g/mol. The third-order valence-corrected chi connectivity index (χ3v) is 5.49. The Morgan fingerprint density at radius 3 is 2.56 bits per heavy atom.